The molecule has 0 spiro atoms. The van der Waals surface area contributed by atoms with Gasteiger partial charge in [-0.2, -0.15) is 0 Å². The first-order valence-electron chi connectivity index (χ1n) is 5.04. The van der Waals surface area contributed by atoms with Gasteiger partial charge in [-0.15, -0.1) is 0 Å². The minimum Gasteiger partial charge on any atom is -0.387 e. The molecule has 0 radical (unpaired) electrons. The summed E-state index contributed by atoms with van der Waals surface area (Å²) in [7, 11) is 0. The van der Waals surface area contributed by atoms with Crippen LogP contribution in [0.5, 0.6) is 0 Å². The Labute approximate surface area is 86.9 Å². The van der Waals surface area contributed by atoms with Crippen LogP contribution in [-0.2, 0) is 0 Å². The van der Waals surface area contributed by atoms with Gasteiger partial charge in [-0.1, -0.05) is 0 Å². The predicted molar refractivity (Wildman–Crippen MR) is 52.3 cm³/mol. The zero-order chi connectivity index (χ0) is 10.8. The van der Waals surface area contributed by atoms with E-state index in [1.165, 1.54) is 12.1 Å². The monoisotopic (exact) mass is 213 g/mol. The molecule has 2 atom stereocenters. The summed E-state index contributed by atoms with van der Waals surface area (Å²) in [5.74, 6) is -1.30. The van der Waals surface area contributed by atoms with Gasteiger partial charge >= 0.3 is 0 Å². The number of hydrogen-bond acceptors (Lipinski definition) is 2. The Morgan fingerprint density at radius 3 is 2.47 bits per heavy atom. The van der Waals surface area contributed by atoms with Crippen LogP contribution in [0.15, 0.2) is 18.2 Å². The summed E-state index contributed by atoms with van der Waals surface area (Å²) < 4.78 is 25.8. The van der Waals surface area contributed by atoms with E-state index >= 15 is 0 Å². The van der Waals surface area contributed by atoms with Crippen molar-refractivity contribution in [3.05, 3.63) is 35.4 Å². The molecule has 15 heavy (non-hydrogen) atoms. The first-order chi connectivity index (χ1) is 7.16. The zero-order valence-corrected chi connectivity index (χ0v) is 8.21. The first kappa shape index (κ1) is 10.5. The van der Waals surface area contributed by atoms with E-state index in [9.17, 15) is 13.9 Å². The van der Waals surface area contributed by atoms with Crippen LogP contribution in [0.1, 0.15) is 24.5 Å². The van der Waals surface area contributed by atoms with E-state index in [0.29, 0.717) is 5.56 Å². The van der Waals surface area contributed by atoms with Crippen LogP contribution in [0.4, 0.5) is 8.78 Å². The van der Waals surface area contributed by atoms with E-state index in [-0.39, 0.29) is 6.04 Å². The van der Waals surface area contributed by atoms with Gasteiger partial charge in [0.2, 0.25) is 0 Å². The van der Waals surface area contributed by atoms with Gasteiger partial charge in [0.05, 0.1) is 6.10 Å². The molecule has 82 valence electrons. The topological polar surface area (TPSA) is 32.3 Å². The quantitative estimate of drug-likeness (QED) is 0.784. The van der Waals surface area contributed by atoms with Gasteiger partial charge in [0.1, 0.15) is 11.6 Å². The van der Waals surface area contributed by atoms with Crippen molar-refractivity contribution in [2.45, 2.75) is 25.0 Å². The van der Waals surface area contributed by atoms with Crippen molar-refractivity contribution in [3.63, 3.8) is 0 Å². The van der Waals surface area contributed by atoms with Crippen molar-refractivity contribution < 1.29 is 13.9 Å². The molecule has 0 aliphatic carbocycles. The third-order valence-corrected chi connectivity index (χ3v) is 2.71. The number of nitrogens with one attached hydrogen (secondary N) is 1. The number of aliphatic hydroxyl groups is 1. The van der Waals surface area contributed by atoms with E-state index in [1.54, 1.807) is 0 Å². The molecular weight excluding hydrogens is 200 g/mol. The summed E-state index contributed by atoms with van der Waals surface area (Å²) in [4.78, 5) is 0. The maximum Gasteiger partial charge on any atom is 0.126 e. The van der Waals surface area contributed by atoms with Crippen molar-refractivity contribution in [1.82, 2.24) is 5.32 Å². The lowest BCUT2D eigenvalue weighted by Gasteiger charge is -2.18. The van der Waals surface area contributed by atoms with Crippen molar-refractivity contribution in [2.24, 2.45) is 0 Å². The summed E-state index contributed by atoms with van der Waals surface area (Å²) in [6.45, 7) is 0.847. The molecule has 1 aliphatic rings. The number of benzene rings is 1. The maximum atomic E-state index is 12.9. The fourth-order valence-corrected chi connectivity index (χ4v) is 1.96. The molecule has 1 aromatic carbocycles. The van der Waals surface area contributed by atoms with Crippen molar-refractivity contribution in [3.8, 4) is 0 Å². The minimum atomic E-state index is -0.835. The zero-order valence-electron chi connectivity index (χ0n) is 8.21. The summed E-state index contributed by atoms with van der Waals surface area (Å²) in [6.07, 6.45) is 0.983. The summed E-state index contributed by atoms with van der Waals surface area (Å²) >= 11 is 0. The highest BCUT2D eigenvalue weighted by molar-refractivity contribution is 5.21. The second kappa shape index (κ2) is 4.24. The smallest absolute Gasteiger partial charge is 0.126 e. The van der Waals surface area contributed by atoms with Crippen LogP contribution < -0.4 is 5.32 Å². The highest BCUT2D eigenvalue weighted by Crippen LogP contribution is 2.24. The average molecular weight is 213 g/mol. The molecule has 2 nitrogen and oxygen atoms in total. The van der Waals surface area contributed by atoms with Crippen LogP contribution in [0.2, 0.25) is 0 Å². The molecule has 0 unspecified atom stereocenters. The molecule has 2 rings (SSSR count). The number of aliphatic hydroxyl groups excluding tert-OH is 1. The van der Waals surface area contributed by atoms with E-state index in [2.05, 4.69) is 5.32 Å². The Balaban J connectivity index is 2.20. The molecule has 1 saturated heterocycles. The van der Waals surface area contributed by atoms with E-state index in [4.69, 9.17) is 0 Å². The van der Waals surface area contributed by atoms with Crippen molar-refractivity contribution in [2.75, 3.05) is 6.54 Å². The standard InChI is InChI=1S/C11H13F2NO/c12-8-4-7(5-9(13)6-8)11(15)10-2-1-3-14-10/h4-6,10-11,14-15H,1-3H2/t10-,11+/m1/s1. The van der Waals surface area contributed by atoms with Gasteiger partial charge in [0.25, 0.3) is 0 Å². The molecule has 2 N–H and O–H groups in total. The molecule has 0 amide bonds. The number of rotatable bonds is 2. The number of halogens is 2. The Morgan fingerprint density at radius 2 is 1.93 bits per heavy atom. The van der Waals surface area contributed by atoms with Crippen molar-refractivity contribution >= 4 is 0 Å². The molecule has 0 saturated carbocycles. The lowest BCUT2D eigenvalue weighted by Crippen LogP contribution is -2.28. The summed E-state index contributed by atoms with van der Waals surface area (Å²) in [5, 5.41) is 13.0. The van der Waals surface area contributed by atoms with Gasteiger partial charge in [-0.3, -0.25) is 0 Å². The Bertz CT molecular complexity index is 330. The minimum absolute atomic E-state index is 0.0915. The first-order valence-corrected chi connectivity index (χ1v) is 5.04. The molecular formula is C11H13F2NO. The largest absolute Gasteiger partial charge is 0.387 e. The van der Waals surface area contributed by atoms with Gasteiger partial charge in [0, 0.05) is 12.1 Å². The fourth-order valence-electron chi connectivity index (χ4n) is 1.96. The predicted octanol–water partition coefficient (Wildman–Crippen LogP) is 1.75. The van der Waals surface area contributed by atoms with Gasteiger partial charge in [0.15, 0.2) is 0 Å². The molecule has 1 heterocycles. The van der Waals surface area contributed by atoms with Gasteiger partial charge in [-0.05, 0) is 37.1 Å². The maximum absolute atomic E-state index is 12.9. The second-order valence-corrected chi connectivity index (χ2v) is 3.85. The average Bonchev–Trinajstić information content (AvgIpc) is 2.67. The van der Waals surface area contributed by atoms with E-state index in [0.717, 1.165) is 25.5 Å². The van der Waals surface area contributed by atoms with E-state index in [1.807, 2.05) is 0 Å². The molecule has 1 fully saturated rings. The Morgan fingerprint density at radius 1 is 1.27 bits per heavy atom. The third kappa shape index (κ3) is 2.33. The van der Waals surface area contributed by atoms with Gasteiger partial charge in [-0.25, -0.2) is 8.78 Å². The SMILES string of the molecule is O[C@@H](c1cc(F)cc(F)c1)[C@H]1CCCN1. The van der Waals surface area contributed by atoms with E-state index < -0.39 is 17.7 Å². The third-order valence-electron chi connectivity index (χ3n) is 2.71. The molecule has 0 bridgehead atoms. The number of hydrogen-bond donors (Lipinski definition) is 2. The van der Waals surface area contributed by atoms with Crippen LogP contribution in [0.3, 0.4) is 0 Å². The van der Waals surface area contributed by atoms with Gasteiger partial charge < -0.3 is 10.4 Å². The lowest BCUT2D eigenvalue weighted by atomic mass is 10.0. The molecule has 0 aromatic heterocycles. The van der Waals surface area contributed by atoms with Crippen LogP contribution >= 0.6 is 0 Å². The Hall–Kier alpha value is -1.00. The molecule has 1 aliphatic heterocycles. The van der Waals surface area contributed by atoms with Crippen LogP contribution in [-0.4, -0.2) is 17.7 Å². The van der Waals surface area contributed by atoms with Crippen LogP contribution in [0, 0.1) is 11.6 Å². The molecule has 1 aromatic rings. The van der Waals surface area contributed by atoms with Crippen LogP contribution in [0.25, 0.3) is 0 Å². The second-order valence-electron chi connectivity index (χ2n) is 3.85. The van der Waals surface area contributed by atoms with Crippen molar-refractivity contribution in [1.29, 1.82) is 0 Å². The fraction of sp³-hybridized carbons (Fsp3) is 0.455. The summed E-state index contributed by atoms with van der Waals surface area (Å²) in [5.41, 5.74) is 0.298. The molecule has 4 heteroatoms. The lowest BCUT2D eigenvalue weighted by molar-refractivity contribution is 0.136. The summed E-state index contributed by atoms with van der Waals surface area (Å²) in [6, 6.07) is 3.06. The normalized spacial score (nSPS) is 23.0. The highest BCUT2D eigenvalue weighted by atomic mass is 19.1. The Kier molecular flexibility index (Phi) is 2.98. The highest BCUT2D eigenvalue weighted by Gasteiger charge is 2.24.